The van der Waals surface area contributed by atoms with Crippen LogP contribution in [-0.4, -0.2) is 56.1 Å². The number of imide groups is 1. The molecule has 0 bridgehead atoms. The van der Waals surface area contributed by atoms with Crippen LogP contribution in [0.2, 0.25) is 0 Å². The van der Waals surface area contributed by atoms with Crippen LogP contribution in [0.3, 0.4) is 0 Å². The molecule has 3 amide bonds. The molecule has 0 unspecified atom stereocenters. The number of carbonyl (C=O) groups is 2. The number of halogens is 1. The topological polar surface area (TPSA) is 73.5 Å². The van der Waals surface area contributed by atoms with Crippen LogP contribution in [0.15, 0.2) is 12.7 Å². The van der Waals surface area contributed by atoms with Crippen LogP contribution in [0.5, 0.6) is 0 Å². The zero-order valence-corrected chi connectivity index (χ0v) is 11.7. The molecular formula is C12H21ClN4O2. The van der Waals surface area contributed by atoms with Crippen molar-refractivity contribution in [2.45, 2.75) is 0 Å². The van der Waals surface area contributed by atoms with Gasteiger partial charge in [-0.2, -0.15) is 0 Å². The van der Waals surface area contributed by atoms with E-state index in [0.717, 1.165) is 26.2 Å². The van der Waals surface area contributed by atoms with Crippen LogP contribution in [0.25, 0.3) is 0 Å². The largest absolute Gasteiger partial charge is 0.334 e. The molecule has 2 saturated heterocycles. The third-order valence-electron chi connectivity index (χ3n) is 3.49. The molecule has 19 heavy (non-hydrogen) atoms. The van der Waals surface area contributed by atoms with Crippen LogP contribution >= 0.6 is 12.4 Å². The molecule has 2 atom stereocenters. The first-order valence-electron chi connectivity index (χ1n) is 6.30. The summed E-state index contributed by atoms with van der Waals surface area (Å²) in [5.41, 5.74) is 0. The normalized spacial score (nSPS) is 25.3. The highest BCUT2D eigenvalue weighted by molar-refractivity contribution is 5.95. The predicted molar refractivity (Wildman–Crippen MR) is 75.3 cm³/mol. The van der Waals surface area contributed by atoms with E-state index in [1.807, 2.05) is 0 Å². The third-order valence-corrected chi connectivity index (χ3v) is 3.49. The number of amides is 3. The molecule has 3 N–H and O–H groups in total. The van der Waals surface area contributed by atoms with Gasteiger partial charge in [0.15, 0.2) is 0 Å². The van der Waals surface area contributed by atoms with E-state index in [1.54, 1.807) is 6.08 Å². The minimum absolute atomic E-state index is 0. The zero-order valence-electron chi connectivity index (χ0n) is 10.9. The summed E-state index contributed by atoms with van der Waals surface area (Å²) in [5.74, 6) is 1.07. The fraction of sp³-hybridized carbons (Fsp3) is 0.667. The molecule has 6 nitrogen and oxygen atoms in total. The summed E-state index contributed by atoms with van der Waals surface area (Å²) in [6.07, 6.45) is 1.57. The molecule has 7 heteroatoms. The highest BCUT2D eigenvalue weighted by atomic mass is 35.5. The number of likely N-dealkylation sites (tertiary alicyclic amines) is 1. The fourth-order valence-electron chi connectivity index (χ4n) is 2.66. The average Bonchev–Trinajstić information content (AvgIpc) is 2.86. The molecule has 0 radical (unpaired) electrons. The van der Waals surface area contributed by atoms with Gasteiger partial charge in [0.25, 0.3) is 0 Å². The van der Waals surface area contributed by atoms with Gasteiger partial charge in [-0.05, 0) is 24.9 Å². The highest BCUT2D eigenvalue weighted by Crippen LogP contribution is 2.25. The van der Waals surface area contributed by atoms with Crippen molar-refractivity contribution in [1.29, 1.82) is 0 Å². The monoisotopic (exact) mass is 288 g/mol. The summed E-state index contributed by atoms with van der Waals surface area (Å²) >= 11 is 0. The maximum Gasteiger partial charge on any atom is 0.321 e. The Bertz CT molecular complexity index is 339. The average molecular weight is 289 g/mol. The Hall–Kier alpha value is -1.11. The van der Waals surface area contributed by atoms with E-state index in [4.69, 9.17) is 0 Å². The van der Waals surface area contributed by atoms with Gasteiger partial charge in [-0.25, -0.2) is 4.79 Å². The van der Waals surface area contributed by atoms with Gasteiger partial charge in [0, 0.05) is 19.6 Å². The van der Waals surface area contributed by atoms with Gasteiger partial charge in [-0.3, -0.25) is 15.0 Å². The standard InChI is InChI=1S/C12H20N4O2.ClH/c1-2-3-14-12(18)15-11(17)8-16-6-9-4-13-5-10(9)7-16;/h2,9-10,13H,1,3-8H2,(H2,14,15,17,18);1H/t9-,10+;. The van der Waals surface area contributed by atoms with Crippen LogP contribution in [-0.2, 0) is 4.79 Å². The molecule has 2 aliphatic rings. The maximum atomic E-state index is 11.6. The lowest BCUT2D eigenvalue weighted by molar-refractivity contribution is -0.121. The van der Waals surface area contributed by atoms with Gasteiger partial charge in [-0.1, -0.05) is 6.08 Å². The Balaban J connectivity index is 0.00000180. The number of carbonyl (C=O) groups excluding carboxylic acids is 2. The molecule has 0 aliphatic carbocycles. The minimum Gasteiger partial charge on any atom is -0.334 e. The molecule has 0 aromatic heterocycles. The van der Waals surface area contributed by atoms with Gasteiger partial charge in [0.05, 0.1) is 6.54 Å². The summed E-state index contributed by atoms with van der Waals surface area (Å²) in [4.78, 5) is 25.0. The third kappa shape index (κ3) is 4.49. The van der Waals surface area contributed by atoms with Crippen molar-refractivity contribution in [2.75, 3.05) is 39.3 Å². The van der Waals surface area contributed by atoms with E-state index < -0.39 is 6.03 Å². The summed E-state index contributed by atoms with van der Waals surface area (Å²) in [6, 6.07) is -0.457. The smallest absolute Gasteiger partial charge is 0.321 e. The van der Waals surface area contributed by atoms with Crippen molar-refractivity contribution in [3.05, 3.63) is 12.7 Å². The van der Waals surface area contributed by atoms with E-state index >= 15 is 0 Å². The first-order valence-corrected chi connectivity index (χ1v) is 6.30. The van der Waals surface area contributed by atoms with Gasteiger partial charge in [0.2, 0.25) is 5.91 Å². The van der Waals surface area contributed by atoms with Crippen molar-refractivity contribution >= 4 is 24.3 Å². The Morgan fingerprint density at radius 1 is 1.32 bits per heavy atom. The molecule has 2 aliphatic heterocycles. The Morgan fingerprint density at radius 3 is 2.53 bits per heavy atom. The number of hydrogen-bond acceptors (Lipinski definition) is 4. The summed E-state index contributed by atoms with van der Waals surface area (Å²) in [6.45, 7) is 8.12. The fourth-order valence-corrected chi connectivity index (χ4v) is 2.66. The number of rotatable bonds is 4. The van der Waals surface area contributed by atoms with Crippen LogP contribution < -0.4 is 16.0 Å². The lowest BCUT2D eigenvalue weighted by Crippen LogP contribution is -2.44. The summed E-state index contributed by atoms with van der Waals surface area (Å²) < 4.78 is 0. The zero-order chi connectivity index (χ0) is 13.0. The second-order valence-electron chi connectivity index (χ2n) is 4.92. The molecule has 0 aromatic rings. The molecule has 2 fully saturated rings. The lowest BCUT2D eigenvalue weighted by atomic mass is 10.0. The van der Waals surface area contributed by atoms with Crippen molar-refractivity contribution in [1.82, 2.24) is 20.9 Å². The quantitative estimate of drug-likeness (QED) is 0.614. The molecule has 2 heterocycles. The van der Waals surface area contributed by atoms with Crippen LogP contribution in [0.4, 0.5) is 4.79 Å². The second kappa shape index (κ2) is 7.47. The molecular weight excluding hydrogens is 268 g/mol. The lowest BCUT2D eigenvalue weighted by Gasteiger charge is -2.16. The van der Waals surface area contributed by atoms with E-state index in [0.29, 0.717) is 24.9 Å². The number of hydrogen-bond donors (Lipinski definition) is 3. The summed E-state index contributed by atoms with van der Waals surface area (Å²) in [7, 11) is 0. The Kier molecular flexibility index (Phi) is 6.27. The van der Waals surface area contributed by atoms with Crippen LogP contribution in [0.1, 0.15) is 0 Å². The highest BCUT2D eigenvalue weighted by Gasteiger charge is 2.36. The van der Waals surface area contributed by atoms with Crippen molar-refractivity contribution in [3.63, 3.8) is 0 Å². The van der Waals surface area contributed by atoms with E-state index in [9.17, 15) is 9.59 Å². The Labute approximate surface area is 119 Å². The molecule has 2 rings (SSSR count). The van der Waals surface area contributed by atoms with Gasteiger partial charge in [-0.15, -0.1) is 19.0 Å². The first kappa shape index (κ1) is 15.9. The van der Waals surface area contributed by atoms with Gasteiger partial charge in [0.1, 0.15) is 0 Å². The van der Waals surface area contributed by atoms with Crippen molar-refractivity contribution in [3.8, 4) is 0 Å². The predicted octanol–water partition coefficient (Wildman–Crippen LogP) is -0.429. The molecule has 108 valence electrons. The summed E-state index contributed by atoms with van der Waals surface area (Å²) in [5, 5.41) is 8.18. The maximum absolute atomic E-state index is 11.6. The van der Waals surface area contributed by atoms with Crippen molar-refractivity contribution < 1.29 is 9.59 Å². The first-order chi connectivity index (χ1) is 8.69. The second-order valence-corrected chi connectivity index (χ2v) is 4.92. The number of fused-ring (bicyclic) bond motifs is 1. The van der Waals surface area contributed by atoms with E-state index in [1.165, 1.54) is 0 Å². The van der Waals surface area contributed by atoms with Gasteiger partial charge < -0.3 is 10.6 Å². The number of nitrogens with zero attached hydrogens (tertiary/aromatic N) is 1. The van der Waals surface area contributed by atoms with E-state index in [2.05, 4.69) is 27.4 Å². The Morgan fingerprint density at radius 2 is 1.95 bits per heavy atom. The van der Waals surface area contributed by atoms with Crippen molar-refractivity contribution in [2.24, 2.45) is 11.8 Å². The molecule has 0 aromatic carbocycles. The van der Waals surface area contributed by atoms with Crippen LogP contribution in [0, 0.1) is 11.8 Å². The molecule has 0 spiro atoms. The minimum atomic E-state index is -0.457. The molecule has 0 saturated carbocycles. The number of urea groups is 1. The van der Waals surface area contributed by atoms with E-state index in [-0.39, 0.29) is 18.3 Å². The SMILES string of the molecule is C=CCNC(=O)NC(=O)CN1C[C@H]2CNC[C@H]2C1.Cl. The number of nitrogens with one attached hydrogen (secondary N) is 3. The van der Waals surface area contributed by atoms with Gasteiger partial charge >= 0.3 is 6.03 Å².